The molecular formula is C22H28N8S2. The highest BCUT2D eigenvalue weighted by Gasteiger charge is 2.48. The van der Waals surface area contributed by atoms with Crippen LogP contribution in [0.4, 0.5) is 5.69 Å². The van der Waals surface area contributed by atoms with E-state index in [0.717, 1.165) is 54.0 Å². The summed E-state index contributed by atoms with van der Waals surface area (Å²) in [6, 6.07) is 4.48. The lowest BCUT2D eigenvalue weighted by Crippen LogP contribution is -2.44. The van der Waals surface area contributed by atoms with Crippen LogP contribution in [0.3, 0.4) is 0 Å². The van der Waals surface area contributed by atoms with Crippen molar-refractivity contribution in [2.24, 2.45) is 5.41 Å². The first-order chi connectivity index (χ1) is 15.3. The number of hydrogen-bond acceptors (Lipinski definition) is 9. The quantitative estimate of drug-likeness (QED) is 0.338. The number of nitrogens with one attached hydrogen (secondary N) is 3. The monoisotopic (exact) mass is 468 g/mol. The third-order valence-corrected chi connectivity index (χ3v) is 8.70. The van der Waals surface area contributed by atoms with Gasteiger partial charge < -0.3 is 9.80 Å². The fourth-order valence-electron chi connectivity index (χ4n) is 3.81. The first-order valence-electron chi connectivity index (χ1n) is 11.0. The zero-order valence-electron chi connectivity index (χ0n) is 18.4. The minimum absolute atomic E-state index is 0.207. The largest absolute Gasteiger partial charge is 0.367 e. The van der Waals surface area contributed by atoms with Crippen LogP contribution >= 0.6 is 23.7 Å². The van der Waals surface area contributed by atoms with Crippen LogP contribution in [0.15, 0.2) is 23.4 Å². The van der Waals surface area contributed by atoms with Crippen LogP contribution in [0.2, 0.25) is 0 Å². The van der Waals surface area contributed by atoms with Gasteiger partial charge in [0, 0.05) is 42.8 Å². The Bertz CT molecular complexity index is 1120. The predicted octanol–water partition coefficient (Wildman–Crippen LogP) is 3.57. The van der Waals surface area contributed by atoms with Crippen molar-refractivity contribution < 1.29 is 0 Å². The first kappa shape index (κ1) is 21.8. The molecule has 2 saturated carbocycles. The van der Waals surface area contributed by atoms with Crippen molar-refractivity contribution >= 4 is 45.0 Å². The summed E-state index contributed by atoms with van der Waals surface area (Å²) in [6.45, 7) is 6.17. The molecule has 3 aliphatic rings. The van der Waals surface area contributed by atoms with Gasteiger partial charge in [-0.05, 0) is 57.7 Å². The number of imidazole rings is 1. The zero-order chi connectivity index (χ0) is 22.5. The average molecular weight is 469 g/mol. The minimum Gasteiger partial charge on any atom is -0.367 e. The Morgan fingerprint density at radius 2 is 1.91 bits per heavy atom. The maximum Gasteiger partial charge on any atom is 0.169 e. The fourth-order valence-corrected chi connectivity index (χ4v) is 5.60. The highest BCUT2D eigenvalue weighted by molar-refractivity contribution is 8.26. The summed E-state index contributed by atoms with van der Waals surface area (Å²) in [5, 5.41) is 26.9. The van der Waals surface area contributed by atoms with Crippen LogP contribution in [-0.4, -0.2) is 63.1 Å². The van der Waals surface area contributed by atoms with Crippen LogP contribution in [0.1, 0.15) is 38.4 Å². The molecule has 0 unspecified atom stereocenters. The molecule has 1 saturated heterocycles. The summed E-state index contributed by atoms with van der Waals surface area (Å²) in [5.74, 6) is 0.527. The molecule has 0 bridgehead atoms. The summed E-state index contributed by atoms with van der Waals surface area (Å²) in [5.41, 5.74) is 1.64. The Balaban J connectivity index is 1.47. The van der Waals surface area contributed by atoms with E-state index in [1.807, 2.05) is 16.8 Å². The van der Waals surface area contributed by atoms with Gasteiger partial charge in [0.2, 0.25) is 0 Å². The van der Waals surface area contributed by atoms with Gasteiger partial charge in [0.15, 0.2) is 5.82 Å². The number of nitrogens with zero attached hydrogens (tertiary/aromatic N) is 5. The number of pyridine rings is 1. The van der Waals surface area contributed by atoms with Crippen molar-refractivity contribution in [1.29, 1.82) is 16.1 Å². The summed E-state index contributed by atoms with van der Waals surface area (Å²) in [6.07, 6.45) is 7.68. The number of hydrogen-bond donors (Lipinski definition) is 3. The molecule has 3 heterocycles. The number of thioether (sulfide) groups is 1. The number of aromatic nitrogens is 2. The molecule has 10 heteroatoms. The highest BCUT2D eigenvalue weighted by atomic mass is 32.2. The number of fused-ring (bicyclic) bond motifs is 1. The molecule has 0 radical (unpaired) electrons. The number of nitriles is 1. The molecule has 0 aromatic carbocycles. The molecule has 5 rings (SSSR count). The maximum atomic E-state index is 9.39. The Labute approximate surface area is 196 Å². The van der Waals surface area contributed by atoms with Crippen molar-refractivity contribution in [3.63, 3.8) is 0 Å². The van der Waals surface area contributed by atoms with E-state index in [4.69, 9.17) is 10.8 Å². The molecule has 2 aliphatic carbocycles. The number of rotatable bonds is 6. The van der Waals surface area contributed by atoms with Crippen molar-refractivity contribution in [3.8, 4) is 6.07 Å². The van der Waals surface area contributed by atoms with Crippen LogP contribution in [0.25, 0.3) is 5.52 Å². The SMILES string of the molecule is CN1CCN(c2cc(SNC3(C)CC3)cn3c(C(=N)SC(=N)C4(C#N)CC4)ncc23)CC1. The Morgan fingerprint density at radius 1 is 1.19 bits per heavy atom. The molecule has 8 nitrogen and oxygen atoms in total. The minimum atomic E-state index is -0.681. The van der Waals surface area contributed by atoms with E-state index in [1.165, 1.54) is 12.8 Å². The Kier molecular flexibility index (Phi) is 5.48. The molecule has 0 spiro atoms. The first-order valence-corrected chi connectivity index (χ1v) is 12.6. The van der Waals surface area contributed by atoms with Gasteiger partial charge in [0.05, 0.1) is 28.5 Å². The number of likely N-dealkylation sites (N-methyl/N-ethyl adjacent to an activating group) is 1. The highest BCUT2D eigenvalue weighted by Crippen LogP contribution is 2.49. The topological polar surface area (TPSA) is 107 Å². The lowest BCUT2D eigenvalue weighted by Gasteiger charge is -2.34. The summed E-state index contributed by atoms with van der Waals surface area (Å²) >= 11 is 2.70. The van der Waals surface area contributed by atoms with Crippen LogP contribution in [0, 0.1) is 27.6 Å². The summed E-state index contributed by atoms with van der Waals surface area (Å²) in [4.78, 5) is 10.4. The maximum absolute atomic E-state index is 9.39. The van der Waals surface area contributed by atoms with Gasteiger partial charge in [-0.2, -0.15) is 5.26 Å². The number of anilines is 1. The van der Waals surface area contributed by atoms with Crippen molar-refractivity contribution in [2.45, 2.75) is 43.0 Å². The Morgan fingerprint density at radius 3 is 2.53 bits per heavy atom. The standard InChI is InChI=1S/C22H28N8S2/c1-21(3-4-21)27-32-15-11-16(29-9-7-28(2)8-10-29)17-12-26-19(30(17)13-15)18(24)31-20(25)22(14-23)5-6-22/h11-13,24-25,27H,3-10H2,1-2H3. The van der Waals surface area contributed by atoms with Crippen molar-refractivity contribution in [2.75, 3.05) is 38.1 Å². The molecule has 3 fully saturated rings. The van der Waals surface area contributed by atoms with E-state index in [0.29, 0.717) is 18.7 Å². The van der Waals surface area contributed by atoms with Gasteiger partial charge in [0.25, 0.3) is 0 Å². The molecular weight excluding hydrogens is 440 g/mol. The fraction of sp³-hybridized carbons (Fsp3) is 0.545. The molecule has 2 aromatic rings. The van der Waals surface area contributed by atoms with Crippen molar-refractivity contribution in [1.82, 2.24) is 19.0 Å². The van der Waals surface area contributed by atoms with Crippen molar-refractivity contribution in [3.05, 3.63) is 24.3 Å². The van der Waals surface area contributed by atoms with E-state index in [2.05, 4.69) is 45.6 Å². The average Bonchev–Trinajstić information content (AvgIpc) is 3.69. The summed E-state index contributed by atoms with van der Waals surface area (Å²) in [7, 11) is 2.15. The Hall–Kier alpha value is -2.06. The van der Waals surface area contributed by atoms with E-state index in [1.54, 1.807) is 11.9 Å². The molecule has 0 amide bonds. The molecule has 168 valence electrons. The van der Waals surface area contributed by atoms with Gasteiger partial charge in [-0.25, -0.2) is 4.98 Å². The third kappa shape index (κ3) is 4.15. The predicted molar refractivity (Wildman–Crippen MR) is 131 cm³/mol. The second kappa shape index (κ2) is 8.06. The summed E-state index contributed by atoms with van der Waals surface area (Å²) < 4.78 is 5.57. The molecule has 3 N–H and O–H groups in total. The van der Waals surface area contributed by atoms with Gasteiger partial charge in [-0.15, -0.1) is 0 Å². The molecule has 2 aromatic heterocycles. The van der Waals surface area contributed by atoms with Gasteiger partial charge in [-0.3, -0.25) is 19.9 Å². The third-order valence-electron chi connectivity index (χ3n) is 6.66. The second-order valence-corrected chi connectivity index (χ2v) is 11.3. The normalized spacial score (nSPS) is 21.3. The van der Waals surface area contributed by atoms with Gasteiger partial charge in [0.1, 0.15) is 10.5 Å². The van der Waals surface area contributed by atoms with E-state index in [9.17, 15) is 5.26 Å². The zero-order valence-corrected chi connectivity index (χ0v) is 20.1. The van der Waals surface area contributed by atoms with E-state index >= 15 is 0 Å². The van der Waals surface area contributed by atoms with Gasteiger partial charge >= 0.3 is 0 Å². The van der Waals surface area contributed by atoms with Gasteiger partial charge in [-0.1, -0.05) is 11.8 Å². The van der Waals surface area contributed by atoms with Crippen LogP contribution < -0.4 is 9.62 Å². The van der Waals surface area contributed by atoms with E-state index < -0.39 is 5.41 Å². The molecule has 0 atom stereocenters. The smallest absolute Gasteiger partial charge is 0.169 e. The molecule has 32 heavy (non-hydrogen) atoms. The molecule has 1 aliphatic heterocycles. The van der Waals surface area contributed by atoms with Crippen LogP contribution in [0.5, 0.6) is 0 Å². The van der Waals surface area contributed by atoms with E-state index in [-0.39, 0.29) is 15.6 Å². The lowest BCUT2D eigenvalue weighted by molar-refractivity contribution is 0.313. The number of piperazine rings is 1. The second-order valence-electron chi connectivity index (χ2n) is 9.41. The lowest BCUT2D eigenvalue weighted by atomic mass is 10.2. The van der Waals surface area contributed by atoms with Crippen LogP contribution in [-0.2, 0) is 0 Å².